The predicted octanol–water partition coefficient (Wildman–Crippen LogP) is 5.34. The van der Waals surface area contributed by atoms with Crippen molar-refractivity contribution in [3.63, 3.8) is 0 Å². The van der Waals surface area contributed by atoms with E-state index < -0.39 is 11.8 Å². The van der Waals surface area contributed by atoms with E-state index in [-0.39, 0.29) is 54.8 Å². The largest absolute Gasteiger partial charge is 0.481 e. The summed E-state index contributed by atoms with van der Waals surface area (Å²) in [5, 5.41) is 10.2. The number of ketones is 1. The lowest BCUT2D eigenvalue weighted by Gasteiger charge is -2.34. The number of Topliss-reactive ketones (excluding diaryl/α,β-unsaturated/α-hetero) is 1. The van der Waals surface area contributed by atoms with Crippen molar-refractivity contribution >= 4 is 33.8 Å². The number of aryl methyl sites for hydroxylation is 1. The normalized spacial score (nSPS) is 20.4. The number of carbonyl (C=O) groups excluding carboxylic acids is 1. The molecular formula is C32H36FN3O6. The van der Waals surface area contributed by atoms with Gasteiger partial charge in [-0.3, -0.25) is 14.5 Å². The van der Waals surface area contributed by atoms with Crippen molar-refractivity contribution in [3.8, 4) is 11.5 Å². The first-order valence-corrected chi connectivity index (χ1v) is 14.7. The Balaban J connectivity index is 1.08. The molecule has 2 aliphatic rings. The molecule has 2 fully saturated rings. The number of carboxylic acids is 1. The third kappa shape index (κ3) is 5.97. The van der Waals surface area contributed by atoms with Crippen molar-refractivity contribution in [1.82, 2.24) is 14.5 Å². The van der Waals surface area contributed by atoms with Crippen molar-refractivity contribution < 1.29 is 33.0 Å². The third-order valence-corrected chi connectivity index (χ3v) is 8.54. The average molecular weight is 578 g/mol. The van der Waals surface area contributed by atoms with Crippen LogP contribution >= 0.6 is 0 Å². The van der Waals surface area contributed by atoms with Gasteiger partial charge in [0, 0.05) is 43.7 Å². The highest BCUT2D eigenvalue weighted by molar-refractivity contribution is 5.95. The van der Waals surface area contributed by atoms with Gasteiger partial charge in [0.15, 0.2) is 17.2 Å². The number of carbonyl (C=O) groups is 2. The Morgan fingerprint density at radius 2 is 1.88 bits per heavy atom. The Kier molecular flexibility index (Phi) is 8.37. The summed E-state index contributed by atoms with van der Waals surface area (Å²) in [5.74, 6) is -1.54. The highest BCUT2D eigenvalue weighted by Crippen LogP contribution is 2.33. The molecule has 6 rings (SSSR count). The van der Waals surface area contributed by atoms with Gasteiger partial charge in [0.2, 0.25) is 5.89 Å². The summed E-state index contributed by atoms with van der Waals surface area (Å²) in [6, 6.07) is 11.1. The number of aromatic nitrogens is 2. The summed E-state index contributed by atoms with van der Waals surface area (Å²) >= 11 is 0. The number of hydrogen-bond acceptors (Lipinski definition) is 7. The van der Waals surface area contributed by atoms with Gasteiger partial charge >= 0.3 is 5.97 Å². The molecule has 1 saturated heterocycles. The number of carboxylic acid groups (broad SMARTS) is 1. The summed E-state index contributed by atoms with van der Waals surface area (Å²) in [7, 11) is 1.94. The van der Waals surface area contributed by atoms with E-state index in [0.29, 0.717) is 37.1 Å². The summed E-state index contributed by atoms with van der Waals surface area (Å²) in [6.45, 7) is 1.86. The lowest BCUT2D eigenvalue weighted by molar-refractivity contribution is -0.151. The first-order valence-electron chi connectivity index (χ1n) is 14.7. The van der Waals surface area contributed by atoms with Crippen LogP contribution in [0, 0.1) is 11.7 Å². The van der Waals surface area contributed by atoms with E-state index in [1.807, 2.05) is 42.1 Å². The molecule has 1 unspecified atom stereocenters. The number of ether oxygens (including phenoxy) is 2. The van der Waals surface area contributed by atoms with Gasteiger partial charge in [-0.1, -0.05) is 24.3 Å². The number of halogens is 1. The third-order valence-electron chi connectivity index (χ3n) is 8.54. The van der Waals surface area contributed by atoms with Crippen molar-refractivity contribution in [3.05, 3.63) is 54.0 Å². The molecule has 4 aromatic rings. The Morgan fingerprint density at radius 1 is 1.12 bits per heavy atom. The molecular weight excluding hydrogens is 541 g/mol. The molecule has 2 aromatic heterocycles. The highest BCUT2D eigenvalue weighted by Gasteiger charge is 2.31. The molecule has 1 saturated carbocycles. The number of likely N-dealkylation sites (tertiary alicyclic amines) is 1. The molecule has 10 heteroatoms. The molecule has 9 nitrogen and oxygen atoms in total. The van der Waals surface area contributed by atoms with Crippen LogP contribution in [0.15, 0.2) is 47.0 Å². The molecule has 3 heterocycles. The van der Waals surface area contributed by atoms with Gasteiger partial charge in [0.1, 0.15) is 18.4 Å². The van der Waals surface area contributed by atoms with Crippen LogP contribution < -0.4 is 0 Å². The van der Waals surface area contributed by atoms with Crippen molar-refractivity contribution in [2.75, 3.05) is 26.3 Å². The van der Waals surface area contributed by atoms with Crippen LogP contribution in [-0.4, -0.2) is 69.9 Å². The molecule has 2 aromatic carbocycles. The van der Waals surface area contributed by atoms with Gasteiger partial charge in [0.05, 0.1) is 24.2 Å². The van der Waals surface area contributed by atoms with Gasteiger partial charge in [0.25, 0.3) is 0 Å². The summed E-state index contributed by atoms with van der Waals surface area (Å²) in [4.78, 5) is 30.8. The smallest absolute Gasteiger partial charge is 0.306 e. The summed E-state index contributed by atoms with van der Waals surface area (Å²) in [6.07, 6.45) is 6.25. The number of nitrogens with zero attached hydrogens (tertiary/aromatic N) is 3. The summed E-state index contributed by atoms with van der Waals surface area (Å²) in [5.41, 5.74) is 2.46. The van der Waals surface area contributed by atoms with Gasteiger partial charge in [-0.05, 0) is 56.2 Å². The Bertz CT molecular complexity index is 1580. The van der Waals surface area contributed by atoms with Crippen LogP contribution in [0.1, 0.15) is 44.1 Å². The van der Waals surface area contributed by atoms with E-state index in [0.717, 1.165) is 42.4 Å². The lowest BCUT2D eigenvalue weighted by Crippen LogP contribution is -2.42. The standard InChI is InChI=1S/C32H36FN3O6/c1-35-17-25(24-6-2-3-7-27(24)35)31-34-26-13-10-21(29(33)30(26)42-31)16-22(37)18-40-19-28(36-14-4-5-15-36)41-23-11-8-20(9-12-23)32(38)39/h2-3,6-7,10,13,17,20,23,28H,4-5,8-9,11-12,14-16,18-19H2,1H3,(H,38,39)/t20-,23-,28?. The van der Waals surface area contributed by atoms with E-state index in [1.165, 1.54) is 0 Å². The van der Waals surface area contributed by atoms with Crippen molar-refractivity contribution in [2.24, 2.45) is 13.0 Å². The number of para-hydroxylation sites is 1. The van der Waals surface area contributed by atoms with Gasteiger partial charge in [-0.15, -0.1) is 0 Å². The summed E-state index contributed by atoms with van der Waals surface area (Å²) < 4.78 is 35.5. The Morgan fingerprint density at radius 3 is 2.64 bits per heavy atom. The highest BCUT2D eigenvalue weighted by atomic mass is 19.1. The lowest BCUT2D eigenvalue weighted by atomic mass is 9.87. The van der Waals surface area contributed by atoms with Crippen LogP contribution in [0.4, 0.5) is 4.39 Å². The number of fused-ring (bicyclic) bond motifs is 2. The first-order chi connectivity index (χ1) is 20.4. The number of benzene rings is 2. The van der Waals surface area contributed by atoms with E-state index >= 15 is 4.39 Å². The quantitative estimate of drug-likeness (QED) is 0.255. The van der Waals surface area contributed by atoms with Gasteiger partial charge < -0.3 is 23.6 Å². The second kappa shape index (κ2) is 12.3. The maximum Gasteiger partial charge on any atom is 0.306 e. The minimum Gasteiger partial charge on any atom is -0.481 e. The fourth-order valence-corrected chi connectivity index (χ4v) is 6.23. The molecule has 1 aliphatic carbocycles. The average Bonchev–Trinajstić information content (AvgIpc) is 3.74. The van der Waals surface area contributed by atoms with E-state index in [9.17, 15) is 14.7 Å². The van der Waals surface area contributed by atoms with E-state index in [4.69, 9.17) is 13.9 Å². The first kappa shape index (κ1) is 28.5. The number of rotatable bonds is 11. The van der Waals surface area contributed by atoms with Gasteiger partial charge in [-0.25, -0.2) is 9.37 Å². The number of oxazole rings is 1. The second-order valence-electron chi connectivity index (χ2n) is 11.5. The molecule has 42 heavy (non-hydrogen) atoms. The van der Waals surface area contributed by atoms with E-state index in [2.05, 4.69) is 9.88 Å². The minimum absolute atomic E-state index is 0.0213. The van der Waals surface area contributed by atoms with Crippen LogP contribution in [0.25, 0.3) is 33.5 Å². The van der Waals surface area contributed by atoms with Crippen LogP contribution in [0.2, 0.25) is 0 Å². The second-order valence-corrected chi connectivity index (χ2v) is 11.5. The predicted molar refractivity (Wildman–Crippen MR) is 154 cm³/mol. The Labute approximate surface area is 243 Å². The zero-order valence-electron chi connectivity index (χ0n) is 23.8. The molecule has 0 spiro atoms. The number of aliphatic carboxylic acids is 1. The van der Waals surface area contributed by atoms with Crippen molar-refractivity contribution in [1.29, 1.82) is 0 Å². The molecule has 0 amide bonds. The van der Waals surface area contributed by atoms with E-state index in [1.54, 1.807) is 12.1 Å². The van der Waals surface area contributed by atoms with Crippen LogP contribution in [0.3, 0.4) is 0 Å². The molecule has 0 bridgehead atoms. The maximum absolute atomic E-state index is 15.5. The van der Waals surface area contributed by atoms with Crippen LogP contribution in [0.5, 0.6) is 0 Å². The van der Waals surface area contributed by atoms with Crippen LogP contribution in [-0.2, 0) is 32.5 Å². The van der Waals surface area contributed by atoms with Crippen molar-refractivity contribution in [2.45, 2.75) is 57.3 Å². The molecule has 1 N–H and O–H groups in total. The molecule has 1 aliphatic heterocycles. The Hall–Kier alpha value is -3.60. The zero-order valence-corrected chi connectivity index (χ0v) is 23.8. The monoisotopic (exact) mass is 577 g/mol. The van der Waals surface area contributed by atoms with Gasteiger partial charge in [-0.2, -0.15) is 0 Å². The zero-order chi connectivity index (χ0) is 29.2. The topological polar surface area (TPSA) is 107 Å². The minimum atomic E-state index is -0.740. The molecule has 222 valence electrons. The number of hydrogen-bond donors (Lipinski definition) is 1. The molecule has 0 radical (unpaired) electrons. The fraction of sp³-hybridized carbons (Fsp3) is 0.469. The SMILES string of the molecule is Cn1cc(-c2nc3ccc(CC(=O)COCC(O[C@H]4CC[C@H](C(=O)O)CC4)N4CCCC4)c(F)c3o2)c2ccccc21. The maximum atomic E-state index is 15.5. The fourth-order valence-electron chi connectivity index (χ4n) is 6.23. The molecule has 1 atom stereocenters.